The van der Waals surface area contributed by atoms with E-state index in [1.807, 2.05) is 43.3 Å². The second-order valence-corrected chi connectivity index (χ2v) is 6.10. The Hall–Kier alpha value is -2.82. The van der Waals surface area contributed by atoms with Gasteiger partial charge in [-0.05, 0) is 43.0 Å². The summed E-state index contributed by atoms with van der Waals surface area (Å²) in [5.41, 5.74) is 5.48. The number of hydrazone groups is 1. The summed E-state index contributed by atoms with van der Waals surface area (Å²) in [4.78, 5) is 12.3. The van der Waals surface area contributed by atoms with Crippen LogP contribution in [-0.4, -0.2) is 25.8 Å². The average Bonchev–Trinajstić information content (AvgIpc) is 3.47. The Labute approximate surface area is 147 Å². The van der Waals surface area contributed by atoms with Gasteiger partial charge in [-0.25, -0.2) is 5.43 Å². The van der Waals surface area contributed by atoms with E-state index in [1.54, 1.807) is 14.2 Å². The maximum Gasteiger partial charge on any atom is 0.243 e. The number of amides is 1. The van der Waals surface area contributed by atoms with E-state index in [2.05, 4.69) is 22.7 Å². The van der Waals surface area contributed by atoms with Gasteiger partial charge in [0.1, 0.15) is 0 Å². The summed E-state index contributed by atoms with van der Waals surface area (Å²) in [5.74, 6) is 1.56. The molecule has 1 aliphatic carbocycles. The number of benzene rings is 2. The van der Waals surface area contributed by atoms with Crippen molar-refractivity contribution in [3.63, 3.8) is 0 Å². The predicted molar refractivity (Wildman–Crippen MR) is 97.2 cm³/mol. The van der Waals surface area contributed by atoms with Crippen LogP contribution in [0.3, 0.4) is 0 Å². The molecule has 0 saturated heterocycles. The lowest BCUT2D eigenvalue weighted by Crippen LogP contribution is -2.21. The van der Waals surface area contributed by atoms with Gasteiger partial charge in [0, 0.05) is 11.5 Å². The van der Waals surface area contributed by atoms with Crippen molar-refractivity contribution in [1.82, 2.24) is 5.43 Å². The van der Waals surface area contributed by atoms with Gasteiger partial charge in [-0.3, -0.25) is 4.79 Å². The SMILES string of the molecule is COc1ccc(/C(C)=N/NC(=O)[C@H]2C[C@H]2c2ccccc2)cc1OC. The quantitative estimate of drug-likeness (QED) is 0.649. The van der Waals surface area contributed by atoms with Crippen LogP contribution >= 0.6 is 0 Å². The number of methoxy groups -OCH3 is 2. The molecule has 1 amide bonds. The highest BCUT2D eigenvalue weighted by molar-refractivity contribution is 6.00. The molecule has 2 aromatic rings. The molecule has 0 unspecified atom stereocenters. The molecule has 2 atom stereocenters. The van der Waals surface area contributed by atoms with Crippen LogP contribution in [-0.2, 0) is 4.79 Å². The first-order valence-electron chi connectivity index (χ1n) is 8.25. The average molecular weight is 338 g/mol. The molecule has 1 fully saturated rings. The Morgan fingerprint density at radius 2 is 1.80 bits per heavy atom. The van der Waals surface area contributed by atoms with Gasteiger partial charge in [0.15, 0.2) is 11.5 Å². The number of nitrogens with zero attached hydrogens (tertiary/aromatic N) is 1. The summed E-state index contributed by atoms with van der Waals surface area (Å²) in [6.45, 7) is 1.85. The zero-order valence-electron chi connectivity index (χ0n) is 14.7. The van der Waals surface area contributed by atoms with E-state index in [9.17, 15) is 4.79 Å². The summed E-state index contributed by atoms with van der Waals surface area (Å²) in [7, 11) is 3.18. The number of ether oxygens (including phenoxy) is 2. The van der Waals surface area contributed by atoms with Crippen molar-refractivity contribution < 1.29 is 14.3 Å². The van der Waals surface area contributed by atoms with E-state index >= 15 is 0 Å². The van der Waals surface area contributed by atoms with Crippen molar-refractivity contribution in [2.24, 2.45) is 11.0 Å². The topological polar surface area (TPSA) is 59.9 Å². The van der Waals surface area contributed by atoms with E-state index in [1.165, 1.54) is 5.56 Å². The van der Waals surface area contributed by atoms with E-state index in [0.717, 1.165) is 12.0 Å². The second kappa shape index (κ2) is 7.38. The van der Waals surface area contributed by atoms with E-state index in [-0.39, 0.29) is 11.8 Å². The van der Waals surface area contributed by atoms with Crippen LogP contribution in [0.5, 0.6) is 11.5 Å². The molecule has 0 aliphatic heterocycles. The summed E-state index contributed by atoms with van der Waals surface area (Å²) < 4.78 is 10.5. The molecule has 0 bridgehead atoms. The van der Waals surface area contributed by atoms with Crippen LogP contribution < -0.4 is 14.9 Å². The number of rotatable bonds is 6. The van der Waals surface area contributed by atoms with Gasteiger partial charge in [-0.15, -0.1) is 0 Å². The van der Waals surface area contributed by atoms with Crippen molar-refractivity contribution in [1.29, 1.82) is 0 Å². The minimum absolute atomic E-state index is 0.00403. The van der Waals surface area contributed by atoms with Gasteiger partial charge < -0.3 is 9.47 Å². The number of carbonyl (C=O) groups excluding carboxylic acids is 1. The zero-order chi connectivity index (χ0) is 17.8. The van der Waals surface area contributed by atoms with Gasteiger partial charge in [-0.1, -0.05) is 30.3 Å². The summed E-state index contributed by atoms with van der Waals surface area (Å²) in [6.07, 6.45) is 0.876. The van der Waals surface area contributed by atoms with Crippen molar-refractivity contribution in [3.05, 3.63) is 59.7 Å². The monoisotopic (exact) mass is 338 g/mol. The fourth-order valence-electron chi connectivity index (χ4n) is 2.90. The Balaban J connectivity index is 1.63. The lowest BCUT2D eigenvalue weighted by Gasteiger charge is -2.09. The lowest BCUT2D eigenvalue weighted by atomic mass is 10.1. The van der Waals surface area contributed by atoms with Crippen LogP contribution in [0.25, 0.3) is 0 Å². The van der Waals surface area contributed by atoms with Crippen LogP contribution in [0.2, 0.25) is 0 Å². The van der Waals surface area contributed by atoms with E-state index in [0.29, 0.717) is 23.1 Å². The largest absolute Gasteiger partial charge is 0.493 e. The van der Waals surface area contributed by atoms with Crippen LogP contribution in [0, 0.1) is 5.92 Å². The van der Waals surface area contributed by atoms with Crippen molar-refractivity contribution in [2.75, 3.05) is 14.2 Å². The Morgan fingerprint density at radius 3 is 2.48 bits per heavy atom. The Bertz CT molecular complexity index is 787. The molecular formula is C20H22N2O3. The number of hydrogen-bond acceptors (Lipinski definition) is 4. The molecule has 130 valence electrons. The molecule has 1 saturated carbocycles. The molecule has 1 N–H and O–H groups in total. The Kier molecular flexibility index (Phi) is 5.03. The zero-order valence-corrected chi connectivity index (χ0v) is 14.7. The third-order valence-corrected chi connectivity index (χ3v) is 4.49. The van der Waals surface area contributed by atoms with Crippen molar-refractivity contribution in [2.45, 2.75) is 19.3 Å². The minimum atomic E-state index is -0.0336. The third kappa shape index (κ3) is 3.82. The van der Waals surface area contributed by atoms with Crippen LogP contribution in [0.1, 0.15) is 30.4 Å². The van der Waals surface area contributed by atoms with Crippen LogP contribution in [0.15, 0.2) is 53.6 Å². The van der Waals surface area contributed by atoms with Crippen LogP contribution in [0.4, 0.5) is 0 Å². The normalized spacial score (nSPS) is 19.2. The first kappa shape index (κ1) is 17.0. The Morgan fingerprint density at radius 1 is 1.08 bits per heavy atom. The first-order chi connectivity index (χ1) is 12.1. The maximum absolute atomic E-state index is 12.3. The number of hydrogen-bond donors (Lipinski definition) is 1. The van der Waals surface area contributed by atoms with Gasteiger partial charge in [0.05, 0.1) is 19.9 Å². The van der Waals surface area contributed by atoms with Crippen molar-refractivity contribution in [3.8, 4) is 11.5 Å². The fourth-order valence-corrected chi connectivity index (χ4v) is 2.90. The third-order valence-electron chi connectivity index (χ3n) is 4.49. The number of carbonyl (C=O) groups is 1. The summed E-state index contributed by atoms with van der Waals surface area (Å²) >= 11 is 0. The maximum atomic E-state index is 12.3. The van der Waals surface area contributed by atoms with Gasteiger partial charge in [0.25, 0.3) is 0 Å². The highest BCUT2D eigenvalue weighted by atomic mass is 16.5. The highest BCUT2D eigenvalue weighted by Gasteiger charge is 2.43. The molecule has 25 heavy (non-hydrogen) atoms. The molecule has 3 rings (SSSR count). The molecule has 0 spiro atoms. The molecule has 5 heteroatoms. The van der Waals surface area contributed by atoms with Gasteiger partial charge >= 0.3 is 0 Å². The minimum Gasteiger partial charge on any atom is -0.493 e. The molecule has 0 aromatic heterocycles. The highest BCUT2D eigenvalue weighted by Crippen LogP contribution is 2.47. The number of nitrogens with one attached hydrogen (secondary N) is 1. The molecule has 2 aromatic carbocycles. The first-order valence-corrected chi connectivity index (χ1v) is 8.25. The summed E-state index contributed by atoms with van der Waals surface area (Å²) in [6, 6.07) is 15.7. The van der Waals surface area contributed by atoms with Gasteiger partial charge in [0.2, 0.25) is 5.91 Å². The molecule has 1 aliphatic rings. The van der Waals surface area contributed by atoms with E-state index in [4.69, 9.17) is 9.47 Å². The predicted octanol–water partition coefficient (Wildman–Crippen LogP) is 3.35. The fraction of sp³-hybridized carbons (Fsp3) is 0.300. The summed E-state index contributed by atoms with van der Waals surface area (Å²) in [5, 5.41) is 4.24. The molecular weight excluding hydrogens is 316 g/mol. The molecule has 5 nitrogen and oxygen atoms in total. The standard InChI is InChI=1S/C20H22N2O3/c1-13(15-9-10-18(24-2)19(11-15)25-3)21-22-20(23)17-12-16(17)14-7-5-4-6-8-14/h4-11,16-17H,12H2,1-3H3,(H,22,23)/b21-13+/t16-,17-/m0/s1. The molecule has 0 radical (unpaired) electrons. The smallest absolute Gasteiger partial charge is 0.243 e. The van der Waals surface area contributed by atoms with Gasteiger partial charge in [-0.2, -0.15) is 5.10 Å². The van der Waals surface area contributed by atoms with E-state index < -0.39 is 0 Å². The second-order valence-electron chi connectivity index (χ2n) is 6.10. The lowest BCUT2D eigenvalue weighted by molar-refractivity contribution is -0.122. The molecule has 0 heterocycles. The van der Waals surface area contributed by atoms with Crippen molar-refractivity contribution >= 4 is 11.6 Å².